The maximum absolute atomic E-state index is 14.2. The van der Waals surface area contributed by atoms with Gasteiger partial charge in [-0.05, 0) is 59.4 Å². The van der Waals surface area contributed by atoms with Crippen LogP contribution >= 0.6 is 0 Å². The first-order valence-electron chi connectivity index (χ1n) is 10.7. The summed E-state index contributed by atoms with van der Waals surface area (Å²) in [5.41, 5.74) is 2.79. The Morgan fingerprint density at radius 2 is 0.848 bits per heavy atom. The van der Waals surface area contributed by atoms with E-state index in [2.05, 4.69) is 0 Å². The second kappa shape index (κ2) is 10.1. The molecule has 0 spiro atoms. The molecule has 2 nitrogen and oxygen atoms in total. The van der Waals surface area contributed by atoms with E-state index < -0.39 is 32.0 Å². The zero-order valence-corrected chi connectivity index (χ0v) is 18.8. The molecule has 0 saturated carbocycles. The predicted octanol–water partition coefficient (Wildman–Crippen LogP) is 6.65. The molecule has 0 aromatic heterocycles. The lowest BCUT2D eigenvalue weighted by molar-refractivity contribution is 0.564. The highest BCUT2D eigenvalue weighted by atomic mass is 32.2. The summed E-state index contributed by atoms with van der Waals surface area (Å²) in [6.45, 7) is 0. The number of sulfone groups is 1. The van der Waals surface area contributed by atoms with E-state index >= 15 is 0 Å². The third-order valence-electron chi connectivity index (χ3n) is 5.80. The molecule has 0 aliphatic carbocycles. The monoisotopic (exact) mass is 462 g/mol. The lowest BCUT2D eigenvalue weighted by atomic mass is 10.0. The zero-order valence-electron chi connectivity index (χ0n) is 17.9. The van der Waals surface area contributed by atoms with E-state index in [1.54, 1.807) is 0 Å². The van der Waals surface area contributed by atoms with E-state index in [9.17, 15) is 17.2 Å². The quantitative estimate of drug-likeness (QED) is 0.294. The van der Waals surface area contributed by atoms with Crippen LogP contribution in [0.25, 0.3) is 0 Å². The van der Waals surface area contributed by atoms with E-state index in [0.717, 1.165) is 11.1 Å². The summed E-state index contributed by atoms with van der Waals surface area (Å²) in [5.74, 6) is -0.844. The second-order valence-corrected chi connectivity index (χ2v) is 10.4. The molecule has 0 N–H and O–H groups in total. The molecule has 0 heterocycles. The van der Waals surface area contributed by atoms with Gasteiger partial charge in [0.05, 0.1) is 10.5 Å². The Labute approximate surface area is 193 Å². The third kappa shape index (κ3) is 5.55. The molecule has 4 aromatic carbocycles. The Morgan fingerprint density at radius 1 is 0.515 bits per heavy atom. The van der Waals surface area contributed by atoms with Crippen LogP contribution in [0.3, 0.4) is 0 Å². The molecule has 2 atom stereocenters. The van der Waals surface area contributed by atoms with E-state index in [4.69, 9.17) is 0 Å². The van der Waals surface area contributed by atoms with Gasteiger partial charge in [-0.2, -0.15) is 0 Å². The molecule has 5 heteroatoms. The highest BCUT2D eigenvalue weighted by Crippen LogP contribution is 2.38. The summed E-state index contributed by atoms with van der Waals surface area (Å²) in [5, 5.41) is -1.78. The van der Waals surface area contributed by atoms with Crippen molar-refractivity contribution in [1.29, 1.82) is 0 Å². The van der Waals surface area contributed by atoms with E-state index in [1.165, 1.54) is 48.5 Å². The molecule has 0 radical (unpaired) electrons. The Balaban J connectivity index is 1.81. The molecule has 0 saturated heterocycles. The van der Waals surface area contributed by atoms with Crippen molar-refractivity contribution in [2.45, 2.75) is 23.3 Å². The van der Waals surface area contributed by atoms with Gasteiger partial charge in [-0.3, -0.25) is 0 Å². The van der Waals surface area contributed by atoms with Crippen molar-refractivity contribution < 1.29 is 17.2 Å². The van der Waals surface area contributed by atoms with E-state index in [-0.39, 0.29) is 12.8 Å². The molecule has 0 aliphatic heterocycles. The summed E-state index contributed by atoms with van der Waals surface area (Å²) in [6, 6.07) is 30.0. The summed E-state index contributed by atoms with van der Waals surface area (Å²) < 4.78 is 55.7. The molecule has 0 aliphatic rings. The summed E-state index contributed by atoms with van der Waals surface area (Å²) >= 11 is 0. The molecule has 0 bridgehead atoms. The molecule has 0 amide bonds. The first kappa shape index (κ1) is 22.9. The minimum Gasteiger partial charge on any atom is -0.228 e. The molecule has 4 aromatic rings. The van der Waals surface area contributed by atoms with Gasteiger partial charge in [-0.15, -0.1) is 0 Å². The topological polar surface area (TPSA) is 34.1 Å². The fraction of sp³-hybridized carbons (Fsp3) is 0.143. The SMILES string of the molecule is O=S(=O)(C(Cc1ccccc1)c1ccc(F)cc1)C(Cc1ccccc1)c1ccc(F)cc1. The Hall–Kier alpha value is -3.31. The highest BCUT2D eigenvalue weighted by Gasteiger charge is 2.36. The van der Waals surface area contributed by atoms with Gasteiger partial charge in [0.25, 0.3) is 0 Å². The van der Waals surface area contributed by atoms with E-state index in [1.807, 2.05) is 60.7 Å². The first-order valence-corrected chi connectivity index (χ1v) is 12.4. The number of hydrogen-bond donors (Lipinski definition) is 0. The summed E-state index contributed by atoms with van der Waals surface area (Å²) in [7, 11) is -3.84. The van der Waals surface area contributed by atoms with Crippen LogP contribution in [0.4, 0.5) is 8.78 Å². The summed E-state index contributed by atoms with van der Waals surface area (Å²) in [4.78, 5) is 0. The largest absolute Gasteiger partial charge is 0.228 e. The van der Waals surface area contributed by atoms with Crippen LogP contribution in [0.2, 0.25) is 0 Å². The van der Waals surface area contributed by atoms with Gasteiger partial charge in [0.15, 0.2) is 9.84 Å². The van der Waals surface area contributed by atoms with Gasteiger partial charge in [-0.25, -0.2) is 17.2 Å². The Bertz CT molecular complexity index is 1170. The maximum atomic E-state index is 14.2. The maximum Gasteiger partial charge on any atom is 0.164 e. The molecule has 2 unspecified atom stereocenters. The Kier molecular flexibility index (Phi) is 6.99. The lowest BCUT2D eigenvalue weighted by Crippen LogP contribution is -2.24. The first-order chi connectivity index (χ1) is 15.9. The van der Waals surface area contributed by atoms with Gasteiger partial charge in [0.1, 0.15) is 11.6 Å². The minimum absolute atomic E-state index is 0.251. The minimum atomic E-state index is -3.84. The fourth-order valence-electron chi connectivity index (χ4n) is 4.06. The molecule has 33 heavy (non-hydrogen) atoms. The van der Waals surface area contributed by atoms with Crippen LogP contribution in [-0.4, -0.2) is 8.42 Å². The van der Waals surface area contributed by atoms with Crippen LogP contribution in [0.1, 0.15) is 32.8 Å². The van der Waals surface area contributed by atoms with Gasteiger partial charge in [0.2, 0.25) is 0 Å². The van der Waals surface area contributed by atoms with Crippen molar-refractivity contribution in [3.8, 4) is 0 Å². The van der Waals surface area contributed by atoms with Crippen molar-refractivity contribution in [2.75, 3.05) is 0 Å². The van der Waals surface area contributed by atoms with Gasteiger partial charge < -0.3 is 0 Å². The van der Waals surface area contributed by atoms with Crippen molar-refractivity contribution in [2.24, 2.45) is 0 Å². The van der Waals surface area contributed by atoms with Crippen molar-refractivity contribution >= 4 is 9.84 Å². The molecular formula is C28H24F2O2S. The van der Waals surface area contributed by atoms with Crippen molar-refractivity contribution in [1.82, 2.24) is 0 Å². The number of hydrogen-bond acceptors (Lipinski definition) is 2. The molecule has 4 rings (SSSR count). The number of rotatable bonds is 8. The van der Waals surface area contributed by atoms with Crippen LogP contribution in [-0.2, 0) is 22.7 Å². The smallest absolute Gasteiger partial charge is 0.164 e. The molecular weight excluding hydrogens is 438 g/mol. The summed E-state index contributed by atoms with van der Waals surface area (Å²) in [6.07, 6.45) is 0.503. The zero-order chi connectivity index (χ0) is 23.3. The van der Waals surface area contributed by atoms with Crippen LogP contribution < -0.4 is 0 Å². The third-order valence-corrected chi connectivity index (χ3v) is 8.27. The van der Waals surface area contributed by atoms with Gasteiger partial charge in [-0.1, -0.05) is 84.9 Å². The molecule has 0 fully saturated rings. The van der Waals surface area contributed by atoms with Crippen molar-refractivity contribution in [3.63, 3.8) is 0 Å². The van der Waals surface area contributed by atoms with E-state index in [0.29, 0.717) is 11.1 Å². The van der Waals surface area contributed by atoms with Crippen LogP contribution in [0.15, 0.2) is 109 Å². The van der Waals surface area contributed by atoms with Crippen LogP contribution in [0.5, 0.6) is 0 Å². The fourth-order valence-corrected chi connectivity index (χ4v) is 6.38. The Morgan fingerprint density at radius 3 is 1.18 bits per heavy atom. The average molecular weight is 463 g/mol. The molecule has 168 valence electrons. The standard InChI is InChI=1S/C28H24F2O2S/c29-25-15-11-23(12-16-25)27(19-21-7-3-1-4-8-21)33(31,32)28(20-22-9-5-2-6-10-22)24-13-17-26(30)18-14-24/h1-18,27-28H,19-20H2. The van der Waals surface area contributed by atoms with Crippen molar-refractivity contribution in [3.05, 3.63) is 143 Å². The second-order valence-electron chi connectivity index (χ2n) is 8.05. The lowest BCUT2D eigenvalue weighted by Gasteiger charge is -2.26. The normalized spacial score (nSPS) is 13.4. The predicted molar refractivity (Wildman–Crippen MR) is 127 cm³/mol. The number of halogens is 2. The average Bonchev–Trinajstić information content (AvgIpc) is 2.83. The van der Waals surface area contributed by atoms with Crippen LogP contribution in [0, 0.1) is 11.6 Å². The number of benzene rings is 4. The van der Waals surface area contributed by atoms with Gasteiger partial charge in [0, 0.05) is 0 Å². The van der Waals surface area contributed by atoms with Gasteiger partial charge >= 0.3 is 0 Å². The highest BCUT2D eigenvalue weighted by molar-refractivity contribution is 7.91.